The highest BCUT2D eigenvalue weighted by Crippen LogP contribution is 2.29. The summed E-state index contributed by atoms with van der Waals surface area (Å²) >= 11 is 0. The molecule has 4 nitrogen and oxygen atoms in total. The van der Waals surface area contributed by atoms with Gasteiger partial charge in [-0.05, 0) is 38.8 Å². The lowest BCUT2D eigenvalue weighted by Crippen LogP contribution is -2.46. The van der Waals surface area contributed by atoms with Crippen molar-refractivity contribution < 1.29 is 9.15 Å². The van der Waals surface area contributed by atoms with Crippen molar-refractivity contribution in [2.75, 3.05) is 20.3 Å². The molecule has 0 radical (unpaired) electrons. The number of hydrogen-bond donors (Lipinski definition) is 1. The van der Waals surface area contributed by atoms with Crippen LogP contribution < -0.4 is 5.73 Å². The highest BCUT2D eigenvalue weighted by Gasteiger charge is 2.30. The third kappa shape index (κ3) is 4.33. The third-order valence-corrected chi connectivity index (χ3v) is 3.87. The van der Waals surface area contributed by atoms with Crippen LogP contribution in [0.1, 0.15) is 51.2 Å². The average molecular weight is 282 g/mol. The van der Waals surface area contributed by atoms with Gasteiger partial charge in [0.25, 0.3) is 0 Å². The molecule has 0 bridgehead atoms. The normalized spacial score (nSPS) is 15.0. The van der Waals surface area contributed by atoms with Crippen molar-refractivity contribution in [3.05, 3.63) is 23.7 Å². The lowest BCUT2D eigenvalue weighted by atomic mass is 10.0. The number of furan rings is 1. The van der Waals surface area contributed by atoms with Crippen molar-refractivity contribution in [3.63, 3.8) is 0 Å². The zero-order valence-electron chi connectivity index (χ0n) is 13.6. The average Bonchev–Trinajstić information content (AvgIpc) is 2.82. The molecule has 1 aromatic rings. The Bertz CT molecular complexity index is 372. The van der Waals surface area contributed by atoms with Crippen molar-refractivity contribution >= 4 is 0 Å². The van der Waals surface area contributed by atoms with Crippen LogP contribution in [0.3, 0.4) is 0 Å². The zero-order valence-corrected chi connectivity index (χ0v) is 13.6. The maximum Gasteiger partial charge on any atom is 0.122 e. The van der Waals surface area contributed by atoms with E-state index in [4.69, 9.17) is 14.9 Å². The minimum Gasteiger partial charge on any atom is -0.465 e. The number of nitrogens with two attached hydrogens (primary N) is 1. The lowest BCUT2D eigenvalue weighted by molar-refractivity contribution is 0.0605. The zero-order chi connectivity index (χ0) is 15.1. The van der Waals surface area contributed by atoms with Crippen molar-refractivity contribution in [1.82, 2.24) is 4.90 Å². The summed E-state index contributed by atoms with van der Waals surface area (Å²) in [6.45, 7) is 10.0. The van der Waals surface area contributed by atoms with E-state index in [2.05, 4.69) is 18.7 Å². The van der Waals surface area contributed by atoms with Gasteiger partial charge in [-0.1, -0.05) is 13.8 Å². The number of rotatable bonds is 9. The first kappa shape index (κ1) is 17.2. The summed E-state index contributed by atoms with van der Waals surface area (Å²) in [4.78, 5) is 2.44. The van der Waals surface area contributed by atoms with Crippen LogP contribution >= 0.6 is 0 Å². The third-order valence-electron chi connectivity index (χ3n) is 3.87. The molecule has 0 fully saturated rings. The molecule has 4 heteroatoms. The van der Waals surface area contributed by atoms with Crippen molar-refractivity contribution in [2.45, 2.75) is 58.7 Å². The molecule has 2 unspecified atom stereocenters. The Morgan fingerprint density at radius 2 is 1.95 bits per heavy atom. The van der Waals surface area contributed by atoms with Gasteiger partial charge in [0.1, 0.15) is 11.5 Å². The van der Waals surface area contributed by atoms with Gasteiger partial charge in [-0.2, -0.15) is 0 Å². The number of methoxy groups -OCH3 is 1. The van der Waals surface area contributed by atoms with Crippen LogP contribution in [-0.2, 0) is 4.74 Å². The molecule has 0 aliphatic rings. The van der Waals surface area contributed by atoms with E-state index in [1.807, 2.05) is 26.0 Å². The molecule has 0 amide bonds. The largest absolute Gasteiger partial charge is 0.465 e. The summed E-state index contributed by atoms with van der Waals surface area (Å²) < 4.78 is 11.1. The fraction of sp³-hybridized carbons (Fsp3) is 0.750. The predicted molar refractivity (Wildman–Crippen MR) is 82.8 cm³/mol. The van der Waals surface area contributed by atoms with E-state index >= 15 is 0 Å². The van der Waals surface area contributed by atoms with Crippen molar-refractivity contribution in [2.24, 2.45) is 5.73 Å². The summed E-state index contributed by atoms with van der Waals surface area (Å²) in [5.74, 6) is 1.89. The number of ether oxygens (including phenoxy) is 1. The Morgan fingerprint density at radius 3 is 2.35 bits per heavy atom. The Balaban J connectivity index is 3.03. The molecular formula is C16H30N2O2. The van der Waals surface area contributed by atoms with Gasteiger partial charge < -0.3 is 14.9 Å². The molecule has 0 saturated heterocycles. The van der Waals surface area contributed by atoms with Crippen LogP contribution in [0.2, 0.25) is 0 Å². The molecule has 1 rings (SSSR count). The Morgan fingerprint density at radius 1 is 1.30 bits per heavy atom. The van der Waals surface area contributed by atoms with E-state index in [0.29, 0.717) is 12.6 Å². The lowest BCUT2D eigenvalue weighted by Gasteiger charge is -2.38. The molecule has 116 valence electrons. The molecule has 0 aromatic carbocycles. The molecule has 0 aliphatic heterocycles. The molecule has 0 saturated carbocycles. The topological polar surface area (TPSA) is 51.6 Å². The van der Waals surface area contributed by atoms with Crippen molar-refractivity contribution in [1.29, 1.82) is 0 Å². The standard InChI is InChI=1S/C16H30N2O2/c1-6-14(7-2)18(10-11-19-5)16(13(4)17)15-9-8-12(3)20-15/h8-9,13-14,16H,6-7,10-11,17H2,1-5H3. The van der Waals surface area contributed by atoms with E-state index in [1.165, 1.54) is 0 Å². The summed E-state index contributed by atoms with van der Waals surface area (Å²) in [6.07, 6.45) is 2.20. The van der Waals surface area contributed by atoms with Crippen LogP contribution in [0, 0.1) is 6.92 Å². The fourth-order valence-electron chi connectivity index (χ4n) is 2.84. The van der Waals surface area contributed by atoms with E-state index in [0.717, 1.165) is 30.9 Å². The van der Waals surface area contributed by atoms with Crippen LogP contribution in [0.4, 0.5) is 0 Å². The second-order valence-corrected chi connectivity index (χ2v) is 5.45. The molecular weight excluding hydrogens is 252 g/mol. The summed E-state index contributed by atoms with van der Waals surface area (Å²) in [5.41, 5.74) is 6.26. The Kier molecular flexibility index (Phi) is 7.27. The predicted octanol–water partition coefficient (Wildman–Crippen LogP) is 3.11. The van der Waals surface area contributed by atoms with Crippen molar-refractivity contribution in [3.8, 4) is 0 Å². The first-order valence-corrected chi connectivity index (χ1v) is 7.61. The smallest absolute Gasteiger partial charge is 0.122 e. The van der Waals surface area contributed by atoms with Gasteiger partial charge in [-0.3, -0.25) is 4.90 Å². The van der Waals surface area contributed by atoms with Gasteiger partial charge in [0.05, 0.1) is 12.6 Å². The first-order valence-electron chi connectivity index (χ1n) is 7.61. The van der Waals surface area contributed by atoms with E-state index in [9.17, 15) is 0 Å². The molecule has 0 spiro atoms. The van der Waals surface area contributed by atoms with Gasteiger partial charge in [0.2, 0.25) is 0 Å². The van der Waals surface area contributed by atoms with Crippen LogP contribution in [-0.4, -0.2) is 37.2 Å². The van der Waals surface area contributed by atoms with Gasteiger partial charge in [0, 0.05) is 25.7 Å². The summed E-state index contributed by atoms with van der Waals surface area (Å²) in [5, 5.41) is 0. The van der Waals surface area contributed by atoms with E-state index < -0.39 is 0 Å². The number of nitrogens with zero attached hydrogens (tertiary/aromatic N) is 1. The highest BCUT2D eigenvalue weighted by atomic mass is 16.5. The molecule has 1 aromatic heterocycles. The highest BCUT2D eigenvalue weighted by molar-refractivity contribution is 5.12. The number of hydrogen-bond acceptors (Lipinski definition) is 4. The second kappa shape index (κ2) is 8.45. The maximum absolute atomic E-state index is 6.26. The van der Waals surface area contributed by atoms with Crippen LogP contribution in [0.5, 0.6) is 0 Å². The van der Waals surface area contributed by atoms with E-state index in [-0.39, 0.29) is 12.1 Å². The van der Waals surface area contributed by atoms with Gasteiger partial charge in [-0.25, -0.2) is 0 Å². The molecule has 1 heterocycles. The molecule has 2 atom stereocenters. The SMILES string of the molecule is CCC(CC)N(CCOC)C(c1ccc(C)o1)C(C)N. The van der Waals surface area contributed by atoms with Crippen LogP contribution in [0.15, 0.2) is 16.5 Å². The molecule has 2 N–H and O–H groups in total. The summed E-state index contributed by atoms with van der Waals surface area (Å²) in [7, 11) is 1.74. The Labute approximate surface area is 123 Å². The maximum atomic E-state index is 6.26. The van der Waals surface area contributed by atoms with E-state index in [1.54, 1.807) is 7.11 Å². The minimum atomic E-state index is 0.0120. The van der Waals surface area contributed by atoms with Crippen LogP contribution in [0.25, 0.3) is 0 Å². The van der Waals surface area contributed by atoms with Gasteiger partial charge >= 0.3 is 0 Å². The minimum absolute atomic E-state index is 0.0120. The fourth-order valence-corrected chi connectivity index (χ4v) is 2.84. The monoisotopic (exact) mass is 282 g/mol. The van der Waals surface area contributed by atoms with Gasteiger partial charge in [-0.15, -0.1) is 0 Å². The first-order chi connectivity index (χ1) is 9.54. The number of aryl methyl sites for hydroxylation is 1. The molecule has 20 heavy (non-hydrogen) atoms. The van der Waals surface area contributed by atoms with Gasteiger partial charge in [0.15, 0.2) is 0 Å². The molecule has 0 aliphatic carbocycles. The Hall–Kier alpha value is -0.840. The second-order valence-electron chi connectivity index (χ2n) is 5.45. The quantitative estimate of drug-likeness (QED) is 0.756. The summed E-state index contributed by atoms with van der Waals surface area (Å²) in [6, 6.07) is 4.66.